The molecule has 15 heavy (non-hydrogen) atoms. The average molecular weight is 246 g/mol. The Hall–Kier alpha value is -0.950. The standard InChI is InChI=1S/C8H10N2O3S2/c1-2-13-7(12)3-6(11)4-14-8-10-9-5-15-8/h5H,2-4H2,1H3. The van der Waals surface area contributed by atoms with Gasteiger partial charge in [0, 0.05) is 0 Å². The van der Waals surface area contributed by atoms with Crippen molar-refractivity contribution in [2.75, 3.05) is 12.4 Å². The second kappa shape index (κ2) is 6.52. The molecule has 0 aliphatic rings. The Labute approximate surface area is 95.2 Å². The van der Waals surface area contributed by atoms with Gasteiger partial charge in [0.25, 0.3) is 0 Å². The van der Waals surface area contributed by atoms with Crippen molar-refractivity contribution >= 4 is 34.9 Å². The number of carbonyl (C=O) groups is 2. The van der Waals surface area contributed by atoms with E-state index >= 15 is 0 Å². The lowest BCUT2D eigenvalue weighted by atomic mass is 10.3. The van der Waals surface area contributed by atoms with E-state index in [-0.39, 0.29) is 18.0 Å². The van der Waals surface area contributed by atoms with Gasteiger partial charge in [0.05, 0.1) is 12.4 Å². The van der Waals surface area contributed by atoms with E-state index < -0.39 is 5.97 Å². The van der Waals surface area contributed by atoms with Crippen LogP contribution in [0.1, 0.15) is 13.3 Å². The van der Waals surface area contributed by atoms with E-state index in [2.05, 4.69) is 14.9 Å². The number of hydrogen-bond acceptors (Lipinski definition) is 7. The minimum atomic E-state index is -0.472. The fourth-order valence-electron chi connectivity index (χ4n) is 0.792. The van der Waals surface area contributed by atoms with Crippen LogP contribution in [-0.4, -0.2) is 34.3 Å². The van der Waals surface area contributed by atoms with Crippen molar-refractivity contribution in [3.8, 4) is 0 Å². The molecule has 0 amide bonds. The molecule has 0 bridgehead atoms. The summed E-state index contributed by atoms with van der Waals surface area (Å²) in [6, 6.07) is 0. The molecular weight excluding hydrogens is 236 g/mol. The maximum absolute atomic E-state index is 11.3. The van der Waals surface area contributed by atoms with Crippen LogP contribution < -0.4 is 0 Å². The maximum atomic E-state index is 11.3. The molecule has 0 radical (unpaired) electrons. The van der Waals surface area contributed by atoms with Gasteiger partial charge < -0.3 is 4.74 Å². The summed E-state index contributed by atoms with van der Waals surface area (Å²) < 4.78 is 5.38. The highest BCUT2D eigenvalue weighted by molar-refractivity contribution is 8.01. The van der Waals surface area contributed by atoms with Crippen LogP contribution in [0.2, 0.25) is 0 Å². The van der Waals surface area contributed by atoms with Crippen molar-refractivity contribution in [3.63, 3.8) is 0 Å². The Morgan fingerprint density at radius 1 is 1.60 bits per heavy atom. The number of carbonyl (C=O) groups excluding carboxylic acids is 2. The normalized spacial score (nSPS) is 9.93. The van der Waals surface area contributed by atoms with E-state index in [9.17, 15) is 9.59 Å². The third kappa shape index (κ3) is 4.89. The molecule has 0 fully saturated rings. The van der Waals surface area contributed by atoms with Gasteiger partial charge in [-0.15, -0.1) is 10.2 Å². The number of thioether (sulfide) groups is 1. The molecule has 0 aliphatic carbocycles. The Bertz CT molecular complexity index is 327. The second-order valence-electron chi connectivity index (χ2n) is 2.51. The number of nitrogens with zero attached hydrogens (tertiary/aromatic N) is 2. The molecule has 1 aromatic heterocycles. The summed E-state index contributed by atoms with van der Waals surface area (Å²) in [6.45, 7) is 2.01. The first kappa shape index (κ1) is 12.1. The van der Waals surface area contributed by atoms with Gasteiger partial charge in [-0.2, -0.15) is 0 Å². The van der Waals surface area contributed by atoms with E-state index in [1.807, 2.05) is 0 Å². The number of esters is 1. The first-order valence-corrected chi connectivity index (χ1v) is 6.15. The summed E-state index contributed by atoms with van der Waals surface area (Å²) >= 11 is 2.65. The van der Waals surface area contributed by atoms with Crippen LogP contribution >= 0.6 is 23.1 Å². The SMILES string of the molecule is CCOC(=O)CC(=O)CSc1nncs1. The van der Waals surface area contributed by atoms with Gasteiger partial charge >= 0.3 is 5.97 Å². The lowest BCUT2D eigenvalue weighted by molar-refractivity contribution is -0.145. The topological polar surface area (TPSA) is 69.2 Å². The molecule has 0 atom stereocenters. The molecule has 1 aromatic rings. The van der Waals surface area contributed by atoms with Crippen molar-refractivity contribution < 1.29 is 14.3 Å². The molecule has 0 spiro atoms. The third-order valence-corrected chi connectivity index (χ3v) is 3.26. The zero-order valence-corrected chi connectivity index (χ0v) is 9.77. The number of rotatable bonds is 6. The minimum Gasteiger partial charge on any atom is -0.466 e. The van der Waals surface area contributed by atoms with Crippen molar-refractivity contribution in [1.82, 2.24) is 10.2 Å². The van der Waals surface area contributed by atoms with Crippen molar-refractivity contribution in [2.24, 2.45) is 0 Å². The molecule has 1 rings (SSSR count). The summed E-state index contributed by atoms with van der Waals surface area (Å²) in [4.78, 5) is 22.2. The van der Waals surface area contributed by atoms with Crippen LogP contribution in [0.15, 0.2) is 9.85 Å². The predicted octanol–water partition coefficient (Wildman–Crippen LogP) is 1.15. The van der Waals surface area contributed by atoms with Crippen LogP contribution in [0.3, 0.4) is 0 Å². The molecule has 0 aromatic carbocycles. The fraction of sp³-hybridized carbons (Fsp3) is 0.500. The molecular formula is C8H10N2O3S2. The zero-order valence-electron chi connectivity index (χ0n) is 8.13. The largest absolute Gasteiger partial charge is 0.466 e. The van der Waals surface area contributed by atoms with Gasteiger partial charge in [-0.3, -0.25) is 9.59 Å². The third-order valence-electron chi connectivity index (χ3n) is 1.34. The summed E-state index contributed by atoms with van der Waals surface area (Å²) in [5, 5.41) is 7.40. The van der Waals surface area contributed by atoms with Gasteiger partial charge in [-0.25, -0.2) is 0 Å². The number of aromatic nitrogens is 2. The number of hydrogen-bond donors (Lipinski definition) is 0. The smallest absolute Gasteiger partial charge is 0.313 e. The van der Waals surface area contributed by atoms with Crippen LogP contribution in [0.25, 0.3) is 0 Å². The lowest BCUT2D eigenvalue weighted by Gasteiger charge is -1.99. The molecule has 0 aliphatic heterocycles. The van der Waals surface area contributed by atoms with Crippen molar-refractivity contribution in [3.05, 3.63) is 5.51 Å². The Balaban J connectivity index is 2.22. The van der Waals surface area contributed by atoms with E-state index in [1.165, 1.54) is 23.1 Å². The summed E-state index contributed by atoms with van der Waals surface area (Å²) in [7, 11) is 0. The highest BCUT2D eigenvalue weighted by atomic mass is 32.2. The number of ketones is 1. The first-order chi connectivity index (χ1) is 7.22. The maximum Gasteiger partial charge on any atom is 0.313 e. The predicted molar refractivity (Wildman–Crippen MR) is 56.9 cm³/mol. The molecule has 0 saturated heterocycles. The molecule has 0 unspecified atom stereocenters. The molecule has 0 N–H and O–H groups in total. The summed E-state index contributed by atoms with van der Waals surface area (Å²) in [5.41, 5.74) is 1.60. The highest BCUT2D eigenvalue weighted by Gasteiger charge is 2.11. The van der Waals surface area contributed by atoms with Crippen LogP contribution in [-0.2, 0) is 14.3 Å². The fourth-order valence-corrected chi connectivity index (χ4v) is 2.14. The number of Topliss-reactive ketones (excluding diaryl/α,β-unsaturated/α-hetero) is 1. The van der Waals surface area contributed by atoms with E-state index in [1.54, 1.807) is 12.4 Å². The minimum absolute atomic E-state index is 0.159. The van der Waals surface area contributed by atoms with Gasteiger partial charge in [0.15, 0.2) is 10.1 Å². The zero-order chi connectivity index (χ0) is 11.1. The Kier molecular flexibility index (Phi) is 5.27. The van der Waals surface area contributed by atoms with Gasteiger partial charge in [0.1, 0.15) is 11.9 Å². The van der Waals surface area contributed by atoms with Gasteiger partial charge in [-0.05, 0) is 6.92 Å². The molecule has 1 heterocycles. The van der Waals surface area contributed by atoms with Crippen LogP contribution in [0.4, 0.5) is 0 Å². The van der Waals surface area contributed by atoms with Gasteiger partial charge in [0.2, 0.25) is 0 Å². The molecule has 82 valence electrons. The second-order valence-corrected chi connectivity index (χ2v) is 4.57. The number of ether oxygens (including phenoxy) is 1. The monoisotopic (exact) mass is 246 g/mol. The summed E-state index contributed by atoms with van der Waals surface area (Å²) in [6.07, 6.45) is -0.167. The molecule has 5 nitrogen and oxygen atoms in total. The molecule has 7 heteroatoms. The van der Waals surface area contributed by atoms with Crippen molar-refractivity contribution in [2.45, 2.75) is 17.7 Å². The lowest BCUT2D eigenvalue weighted by Crippen LogP contribution is -2.12. The van der Waals surface area contributed by atoms with E-state index in [0.29, 0.717) is 6.61 Å². The Morgan fingerprint density at radius 3 is 3.00 bits per heavy atom. The quantitative estimate of drug-likeness (QED) is 0.426. The van der Waals surface area contributed by atoms with Crippen LogP contribution in [0.5, 0.6) is 0 Å². The summed E-state index contributed by atoms with van der Waals surface area (Å²) in [5.74, 6) is -0.400. The van der Waals surface area contributed by atoms with E-state index in [4.69, 9.17) is 0 Å². The Morgan fingerprint density at radius 2 is 2.40 bits per heavy atom. The first-order valence-electron chi connectivity index (χ1n) is 4.28. The van der Waals surface area contributed by atoms with Crippen molar-refractivity contribution in [1.29, 1.82) is 0 Å². The molecule has 0 saturated carbocycles. The van der Waals surface area contributed by atoms with E-state index in [0.717, 1.165) is 4.34 Å². The van der Waals surface area contributed by atoms with Gasteiger partial charge in [-0.1, -0.05) is 23.1 Å². The van der Waals surface area contributed by atoms with Crippen LogP contribution in [0, 0.1) is 0 Å². The highest BCUT2D eigenvalue weighted by Crippen LogP contribution is 2.18. The average Bonchev–Trinajstić information content (AvgIpc) is 2.67.